The summed E-state index contributed by atoms with van der Waals surface area (Å²) >= 11 is 3.50. The van der Waals surface area contributed by atoms with Crippen molar-refractivity contribution in [3.8, 4) is 0 Å². The summed E-state index contributed by atoms with van der Waals surface area (Å²) in [4.78, 5) is 31.6. The van der Waals surface area contributed by atoms with E-state index >= 15 is 0 Å². The predicted molar refractivity (Wildman–Crippen MR) is 85.9 cm³/mol. The lowest BCUT2D eigenvalue weighted by molar-refractivity contribution is -0.119. The van der Waals surface area contributed by atoms with Crippen molar-refractivity contribution in [2.45, 2.75) is 13.8 Å². The first-order valence-electron chi connectivity index (χ1n) is 7.14. The number of pyridine rings is 1. The average molecular weight is 365 g/mol. The molecular weight excluding hydrogens is 348 g/mol. The van der Waals surface area contributed by atoms with E-state index in [0.29, 0.717) is 37.6 Å². The SMILES string of the molecule is Cc1cc(Br)c2nc(C)c(C(=O)N3CCN(C=O)CC3)n2c1. The minimum Gasteiger partial charge on any atom is -0.342 e. The molecule has 0 spiro atoms. The van der Waals surface area contributed by atoms with E-state index in [1.54, 1.807) is 9.80 Å². The highest BCUT2D eigenvalue weighted by Gasteiger charge is 2.26. The molecule has 0 N–H and O–H groups in total. The molecule has 3 heterocycles. The Morgan fingerprint density at radius 1 is 1.27 bits per heavy atom. The maximum absolute atomic E-state index is 12.9. The first kappa shape index (κ1) is 15.0. The van der Waals surface area contributed by atoms with Gasteiger partial charge in [-0.25, -0.2) is 4.98 Å². The number of aryl methyl sites for hydroxylation is 2. The van der Waals surface area contributed by atoms with Gasteiger partial charge in [-0.05, 0) is 41.4 Å². The van der Waals surface area contributed by atoms with Crippen LogP contribution in [0.5, 0.6) is 0 Å². The zero-order valence-electron chi connectivity index (χ0n) is 12.5. The van der Waals surface area contributed by atoms with Crippen LogP contribution < -0.4 is 0 Å². The molecule has 1 aliphatic rings. The molecule has 0 saturated carbocycles. The van der Waals surface area contributed by atoms with Crippen molar-refractivity contribution in [3.63, 3.8) is 0 Å². The van der Waals surface area contributed by atoms with E-state index in [0.717, 1.165) is 22.1 Å². The number of fused-ring (bicyclic) bond motifs is 1. The number of hydrogen-bond donors (Lipinski definition) is 0. The van der Waals surface area contributed by atoms with Gasteiger partial charge in [0.1, 0.15) is 5.69 Å². The van der Waals surface area contributed by atoms with Crippen LogP contribution in [0.4, 0.5) is 0 Å². The lowest BCUT2D eigenvalue weighted by atomic mass is 10.2. The van der Waals surface area contributed by atoms with Crippen molar-refractivity contribution in [1.29, 1.82) is 0 Å². The molecule has 116 valence electrons. The highest BCUT2D eigenvalue weighted by Crippen LogP contribution is 2.23. The standard InChI is InChI=1S/C15H17BrN4O2/c1-10-7-12(16)14-17-11(2)13(20(14)8-10)15(22)19-5-3-18(9-21)4-6-19/h7-9H,3-6H2,1-2H3. The largest absolute Gasteiger partial charge is 0.342 e. The molecule has 3 rings (SSSR count). The number of amides is 2. The van der Waals surface area contributed by atoms with Gasteiger partial charge in [0.2, 0.25) is 6.41 Å². The van der Waals surface area contributed by atoms with Gasteiger partial charge in [-0.1, -0.05) is 0 Å². The van der Waals surface area contributed by atoms with E-state index < -0.39 is 0 Å². The lowest BCUT2D eigenvalue weighted by Crippen LogP contribution is -2.48. The number of rotatable bonds is 2. The Bertz CT molecular complexity index is 748. The van der Waals surface area contributed by atoms with Gasteiger partial charge in [0.05, 0.1) is 10.2 Å². The van der Waals surface area contributed by atoms with Crippen LogP contribution in [-0.2, 0) is 4.79 Å². The smallest absolute Gasteiger partial charge is 0.272 e. The lowest BCUT2D eigenvalue weighted by Gasteiger charge is -2.32. The van der Waals surface area contributed by atoms with E-state index in [9.17, 15) is 9.59 Å². The first-order valence-corrected chi connectivity index (χ1v) is 7.94. The minimum absolute atomic E-state index is 0.0342. The zero-order chi connectivity index (χ0) is 15.9. The van der Waals surface area contributed by atoms with Crippen LogP contribution in [0.1, 0.15) is 21.7 Å². The molecule has 1 fully saturated rings. The summed E-state index contributed by atoms with van der Waals surface area (Å²) < 4.78 is 2.73. The van der Waals surface area contributed by atoms with Crippen LogP contribution in [-0.4, -0.2) is 57.7 Å². The highest BCUT2D eigenvalue weighted by molar-refractivity contribution is 9.10. The fourth-order valence-corrected chi connectivity index (χ4v) is 3.42. The van der Waals surface area contributed by atoms with Crippen LogP contribution in [0.3, 0.4) is 0 Å². The summed E-state index contributed by atoms with van der Waals surface area (Å²) in [5.74, 6) is -0.0342. The molecule has 0 unspecified atom stereocenters. The van der Waals surface area contributed by atoms with E-state index in [-0.39, 0.29) is 5.91 Å². The number of piperazine rings is 1. The van der Waals surface area contributed by atoms with Crippen molar-refractivity contribution in [3.05, 3.63) is 33.7 Å². The van der Waals surface area contributed by atoms with Crippen LogP contribution in [0, 0.1) is 13.8 Å². The highest BCUT2D eigenvalue weighted by atomic mass is 79.9. The van der Waals surface area contributed by atoms with Crippen LogP contribution in [0.2, 0.25) is 0 Å². The van der Waals surface area contributed by atoms with Gasteiger partial charge in [0.25, 0.3) is 5.91 Å². The quantitative estimate of drug-likeness (QED) is 0.761. The summed E-state index contributed by atoms with van der Waals surface area (Å²) in [6.45, 7) is 6.09. The van der Waals surface area contributed by atoms with Crippen molar-refractivity contribution in [1.82, 2.24) is 19.2 Å². The van der Waals surface area contributed by atoms with Gasteiger partial charge >= 0.3 is 0 Å². The van der Waals surface area contributed by atoms with Crippen molar-refractivity contribution < 1.29 is 9.59 Å². The molecule has 2 aromatic rings. The fourth-order valence-electron chi connectivity index (χ4n) is 2.78. The zero-order valence-corrected chi connectivity index (χ0v) is 14.1. The van der Waals surface area contributed by atoms with Gasteiger partial charge in [-0.15, -0.1) is 0 Å². The monoisotopic (exact) mass is 364 g/mol. The van der Waals surface area contributed by atoms with Gasteiger partial charge in [-0.2, -0.15) is 0 Å². The molecule has 0 radical (unpaired) electrons. The second-order valence-electron chi connectivity index (χ2n) is 5.54. The average Bonchev–Trinajstić information content (AvgIpc) is 2.83. The van der Waals surface area contributed by atoms with Gasteiger partial charge in [0, 0.05) is 32.4 Å². The Morgan fingerprint density at radius 2 is 1.95 bits per heavy atom. The molecular formula is C15H17BrN4O2. The number of hydrogen-bond acceptors (Lipinski definition) is 3. The Balaban J connectivity index is 1.98. The molecule has 2 aromatic heterocycles. The normalized spacial score (nSPS) is 15.4. The Morgan fingerprint density at radius 3 is 2.59 bits per heavy atom. The number of nitrogens with zero attached hydrogens (tertiary/aromatic N) is 4. The maximum Gasteiger partial charge on any atom is 0.272 e. The molecule has 1 aliphatic heterocycles. The molecule has 0 aliphatic carbocycles. The van der Waals surface area contributed by atoms with E-state index in [4.69, 9.17) is 0 Å². The van der Waals surface area contributed by atoms with E-state index in [1.807, 2.05) is 30.5 Å². The summed E-state index contributed by atoms with van der Waals surface area (Å²) in [6.07, 6.45) is 2.76. The molecule has 0 aromatic carbocycles. The van der Waals surface area contributed by atoms with E-state index in [2.05, 4.69) is 20.9 Å². The second-order valence-corrected chi connectivity index (χ2v) is 6.39. The number of carbonyl (C=O) groups is 2. The van der Waals surface area contributed by atoms with Crippen LogP contribution >= 0.6 is 15.9 Å². The molecule has 1 saturated heterocycles. The third-order valence-corrected chi connectivity index (χ3v) is 4.52. The van der Waals surface area contributed by atoms with Crippen LogP contribution in [0.25, 0.3) is 5.65 Å². The molecule has 0 atom stereocenters. The topological polar surface area (TPSA) is 57.9 Å². The summed E-state index contributed by atoms with van der Waals surface area (Å²) in [7, 11) is 0. The van der Waals surface area contributed by atoms with Crippen LogP contribution in [0.15, 0.2) is 16.7 Å². The number of imidazole rings is 1. The number of halogens is 1. The molecule has 2 amide bonds. The molecule has 7 heteroatoms. The van der Waals surface area contributed by atoms with Gasteiger partial charge in [-0.3, -0.25) is 14.0 Å². The minimum atomic E-state index is -0.0342. The Hall–Kier alpha value is -1.89. The number of carbonyl (C=O) groups excluding carboxylic acids is 2. The second kappa shape index (κ2) is 5.72. The third kappa shape index (κ3) is 2.49. The van der Waals surface area contributed by atoms with Crippen molar-refractivity contribution in [2.24, 2.45) is 0 Å². The van der Waals surface area contributed by atoms with Crippen molar-refractivity contribution in [2.75, 3.05) is 26.2 Å². The third-order valence-electron chi connectivity index (χ3n) is 3.94. The van der Waals surface area contributed by atoms with Crippen molar-refractivity contribution >= 4 is 33.9 Å². The van der Waals surface area contributed by atoms with Gasteiger partial charge in [0.15, 0.2) is 5.65 Å². The Kier molecular flexibility index (Phi) is 3.90. The predicted octanol–water partition coefficient (Wildman–Crippen LogP) is 1.63. The maximum atomic E-state index is 12.9. The Labute approximate surface area is 136 Å². The molecule has 22 heavy (non-hydrogen) atoms. The summed E-state index contributed by atoms with van der Waals surface area (Å²) in [5.41, 5.74) is 3.11. The summed E-state index contributed by atoms with van der Waals surface area (Å²) in [5, 5.41) is 0. The molecule has 6 nitrogen and oxygen atoms in total. The fraction of sp³-hybridized carbons (Fsp3) is 0.400. The number of aromatic nitrogens is 2. The molecule has 0 bridgehead atoms. The van der Waals surface area contributed by atoms with Gasteiger partial charge < -0.3 is 9.80 Å². The first-order chi connectivity index (χ1) is 10.5. The summed E-state index contributed by atoms with van der Waals surface area (Å²) in [6, 6.07) is 1.99. The van der Waals surface area contributed by atoms with E-state index in [1.165, 1.54) is 0 Å².